The molecule has 0 fully saturated rings. The van der Waals surface area contributed by atoms with Crippen LogP contribution in [0.25, 0.3) is 0 Å². The van der Waals surface area contributed by atoms with Crippen molar-refractivity contribution in [2.75, 3.05) is 10.5 Å². The maximum absolute atomic E-state index is 11.2. The Bertz CT molecular complexity index is 298. The third kappa shape index (κ3) is 1.12. The van der Waals surface area contributed by atoms with Crippen molar-refractivity contribution in [2.45, 2.75) is 0 Å². The van der Waals surface area contributed by atoms with Crippen LogP contribution in [0.3, 0.4) is 0 Å². The summed E-state index contributed by atoms with van der Waals surface area (Å²) in [5.74, 6) is 0.751. The van der Waals surface area contributed by atoms with Gasteiger partial charge >= 0.3 is 0 Å². The fraction of sp³-hybridized carbons (Fsp3) is 0.125. The highest BCUT2D eigenvalue weighted by Gasteiger charge is 2.15. The minimum atomic E-state index is 0.212. The molecule has 56 valence electrons. The van der Waals surface area contributed by atoms with E-state index < -0.39 is 0 Å². The van der Waals surface area contributed by atoms with Crippen LogP contribution < -0.4 is 4.72 Å². The first kappa shape index (κ1) is 6.73. The maximum atomic E-state index is 11.2. The standard InChI is InChI=1S/C8H7NOS/c10-8-5-11-9-7-4-2-1-3-6(7)8/h1-4,9H,5H2. The van der Waals surface area contributed by atoms with Gasteiger partial charge in [0.2, 0.25) is 0 Å². The van der Waals surface area contributed by atoms with Crippen molar-refractivity contribution < 1.29 is 4.79 Å². The summed E-state index contributed by atoms with van der Waals surface area (Å²) < 4.78 is 3.09. The number of anilines is 1. The van der Waals surface area contributed by atoms with Gasteiger partial charge in [0.05, 0.1) is 11.4 Å². The van der Waals surface area contributed by atoms with Crippen LogP contribution in [0.5, 0.6) is 0 Å². The van der Waals surface area contributed by atoms with Gasteiger partial charge in [-0.2, -0.15) is 0 Å². The SMILES string of the molecule is O=C1CSNc2ccccc21. The molecule has 0 spiro atoms. The molecular formula is C8H7NOS. The second kappa shape index (κ2) is 2.58. The Hall–Kier alpha value is -0.960. The number of carbonyl (C=O) groups is 1. The molecule has 2 nitrogen and oxygen atoms in total. The van der Waals surface area contributed by atoms with Gasteiger partial charge in [-0.15, -0.1) is 0 Å². The van der Waals surface area contributed by atoms with Crippen LogP contribution in [0.15, 0.2) is 24.3 Å². The summed E-state index contributed by atoms with van der Waals surface area (Å²) in [6, 6.07) is 7.57. The summed E-state index contributed by atoms with van der Waals surface area (Å²) in [6.07, 6.45) is 0. The van der Waals surface area contributed by atoms with E-state index in [9.17, 15) is 4.79 Å². The van der Waals surface area contributed by atoms with Crippen LogP contribution in [-0.4, -0.2) is 11.5 Å². The second-order valence-corrected chi connectivity index (χ2v) is 3.14. The third-order valence-electron chi connectivity index (χ3n) is 1.61. The molecule has 0 unspecified atom stereocenters. The Morgan fingerprint density at radius 2 is 2.18 bits per heavy atom. The van der Waals surface area contributed by atoms with Gasteiger partial charge in [-0.1, -0.05) is 12.1 Å². The number of Topliss-reactive ketones (excluding diaryl/α,β-unsaturated/α-hetero) is 1. The van der Waals surface area contributed by atoms with Gasteiger partial charge in [0.1, 0.15) is 0 Å². The highest BCUT2D eigenvalue weighted by atomic mass is 32.2. The number of carbonyl (C=O) groups excluding carboxylic acids is 1. The molecule has 1 aliphatic heterocycles. The molecule has 11 heavy (non-hydrogen) atoms. The van der Waals surface area contributed by atoms with Crippen molar-refractivity contribution in [3.05, 3.63) is 29.8 Å². The topological polar surface area (TPSA) is 29.1 Å². The molecular weight excluding hydrogens is 158 g/mol. The summed E-state index contributed by atoms with van der Waals surface area (Å²) in [4.78, 5) is 11.2. The molecule has 2 rings (SSSR count). The van der Waals surface area contributed by atoms with Crippen molar-refractivity contribution in [1.29, 1.82) is 0 Å². The molecule has 0 saturated heterocycles. The third-order valence-corrected chi connectivity index (χ3v) is 2.38. The predicted molar refractivity (Wildman–Crippen MR) is 46.9 cm³/mol. The summed E-state index contributed by atoms with van der Waals surface area (Å²) in [5, 5.41) is 0. The number of rotatable bonds is 0. The molecule has 1 aromatic carbocycles. The average molecular weight is 165 g/mol. The van der Waals surface area contributed by atoms with Gasteiger partial charge < -0.3 is 4.72 Å². The zero-order valence-electron chi connectivity index (χ0n) is 5.83. The molecule has 1 aliphatic rings. The zero-order chi connectivity index (χ0) is 7.68. The molecule has 0 aromatic heterocycles. The largest absolute Gasteiger partial charge is 0.329 e. The Morgan fingerprint density at radius 3 is 3.00 bits per heavy atom. The number of fused-ring (bicyclic) bond motifs is 1. The van der Waals surface area contributed by atoms with E-state index in [0.717, 1.165) is 11.3 Å². The van der Waals surface area contributed by atoms with E-state index in [1.807, 2.05) is 24.3 Å². The Labute approximate surface area is 69.1 Å². The lowest BCUT2D eigenvalue weighted by Crippen LogP contribution is -2.12. The van der Waals surface area contributed by atoms with Crippen LogP contribution in [-0.2, 0) is 0 Å². The average Bonchev–Trinajstić information content (AvgIpc) is 2.06. The lowest BCUT2D eigenvalue weighted by atomic mass is 10.1. The normalized spacial score (nSPS) is 15.5. The van der Waals surface area contributed by atoms with Crippen molar-refractivity contribution in [3.63, 3.8) is 0 Å². The van der Waals surface area contributed by atoms with Gasteiger partial charge in [-0.25, -0.2) is 0 Å². The smallest absolute Gasteiger partial charge is 0.176 e. The Balaban J connectivity index is 2.52. The Morgan fingerprint density at radius 1 is 1.36 bits per heavy atom. The molecule has 1 heterocycles. The first-order valence-electron chi connectivity index (χ1n) is 3.38. The quantitative estimate of drug-likeness (QED) is 0.596. The minimum Gasteiger partial charge on any atom is -0.329 e. The number of ketones is 1. The van der Waals surface area contributed by atoms with E-state index in [2.05, 4.69) is 4.72 Å². The van der Waals surface area contributed by atoms with Crippen molar-refractivity contribution in [2.24, 2.45) is 0 Å². The number of hydrogen-bond donors (Lipinski definition) is 1. The Kier molecular flexibility index (Phi) is 1.58. The first-order valence-corrected chi connectivity index (χ1v) is 4.36. The number of benzene rings is 1. The molecule has 1 aromatic rings. The first-order chi connectivity index (χ1) is 5.38. The highest BCUT2D eigenvalue weighted by molar-refractivity contribution is 8.01. The van der Waals surface area contributed by atoms with Crippen molar-refractivity contribution in [3.8, 4) is 0 Å². The number of para-hydroxylation sites is 1. The lowest BCUT2D eigenvalue weighted by Gasteiger charge is -2.14. The summed E-state index contributed by atoms with van der Waals surface area (Å²) in [6.45, 7) is 0. The van der Waals surface area contributed by atoms with Crippen molar-refractivity contribution in [1.82, 2.24) is 0 Å². The number of hydrogen-bond acceptors (Lipinski definition) is 3. The van der Waals surface area contributed by atoms with Crippen LogP contribution >= 0.6 is 11.9 Å². The molecule has 1 N–H and O–H groups in total. The van der Waals surface area contributed by atoms with E-state index in [1.165, 1.54) is 11.9 Å². The summed E-state index contributed by atoms with van der Waals surface area (Å²) in [7, 11) is 0. The van der Waals surface area contributed by atoms with Crippen molar-refractivity contribution >= 4 is 23.4 Å². The minimum absolute atomic E-state index is 0.212. The number of nitrogens with one attached hydrogen (secondary N) is 1. The maximum Gasteiger partial charge on any atom is 0.176 e. The van der Waals surface area contributed by atoms with Crippen LogP contribution in [0.4, 0.5) is 5.69 Å². The zero-order valence-corrected chi connectivity index (χ0v) is 6.65. The molecule has 0 aliphatic carbocycles. The second-order valence-electron chi connectivity index (χ2n) is 2.36. The van der Waals surface area contributed by atoms with Gasteiger partial charge in [0.15, 0.2) is 5.78 Å². The summed E-state index contributed by atoms with van der Waals surface area (Å²) >= 11 is 1.45. The van der Waals surface area contributed by atoms with Gasteiger partial charge in [0.25, 0.3) is 0 Å². The highest BCUT2D eigenvalue weighted by Crippen LogP contribution is 2.24. The molecule has 3 heteroatoms. The fourth-order valence-electron chi connectivity index (χ4n) is 1.07. The van der Waals surface area contributed by atoms with E-state index in [0.29, 0.717) is 5.75 Å². The van der Waals surface area contributed by atoms with Gasteiger partial charge in [-0.3, -0.25) is 4.79 Å². The van der Waals surface area contributed by atoms with E-state index in [4.69, 9.17) is 0 Å². The lowest BCUT2D eigenvalue weighted by molar-refractivity contribution is 0.102. The van der Waals surface area contributed by atoms with Crippen LogP contribution in [0.2, 0.25) is 0 Å². The van der Waals surface area contributed by atoms with Crippen LogP contribution in [0.1, 0.15) is 10.4 Å². The predicted octanol–water partition coefficient (Wildman–Crippen LogP) is 1.94. The fourth-order valence-corrected chi connectivity index (χ4v) is 1.76. The van der Waals surface area contributed by atoms with E-state index in [-0.39, 0.29) is 5.78 Å². The molecule has 0 bridgehead atoms. The van der Waals surface area contributed by atoms with E-state index in [1.54, 1.807) is 0 Å². The monoisotopic (exact) mass is 165 g/mol. The van der Waals surface area contributed by atoms with Gasteiger partial charge in [0, 0.05) is 5.56 Å². The molecule has 0 atom stereocenters. The van der Waals surface area contributed by atoms with Crippen LogP contribution in [0, 0.1) is 0 Å². The summed E-state index contributed by atoms with van der Waals surface area (Å²) in [5.41, 5.74) is 1.75. The van der Waals surface area contributed by atoms with E-state index >= 15 is 0 Å². The molecule has 0 radical (unpaired) electrons. The molecule has 0 amide bonds. The van der Waals surface area contributed by atoms with Gasteiger partial charge in [-0.05, 0) is 24.1 Å². The molecule has 0 saturated carbocycles.